The summed E-state index contributed by atoms with van der Waals surface area (Å²) < 4.78 is 10.5. The van der Waals surface area contributed by atoms with Crippen LogP contribution in [0.25, 0.3) is 10.8 Å². The van der Waals surface area contributed by atoms with Gasteiger partial charge in [0.15, 0.2) is 0 Å². The maximum absolute atomic E-state index is 12.4. The molecule has 146 valence electrons. The van der Waals surface area contributed by atoms with E-state index in [0.717, 1.165) is 52.8 Å². The molecule has 0 bridgehead atoms. The van der Waals surface area contributed by atoms with E-state index in [4.69, 9.17) is 9.15 Å². The van der Waals surface area contributed by atoms with Crippen molar-refractivity contribution in [2.24, 2.45) is 0 Å². The number of hydrogen-bond donors (Lipinski definition) is 1. The van der Waals surface area contributed by atoms with E-state index in [0.29, 0.717) is 21.7 Å². The highest BCUT2D eigenvalue weighted by atomic mass is 32.2. The number of nitrogens with one attached hydrogen (secondary N) is 1. The predicted molar refractivity (Wildman–Crippen MR) is 109 cm³/mol. The molecule has 0 aliphatic heterocycles. The number of anilines is 1. The molecule has 0 saturated heterocycles. The van der Waals surface area contributed by atoms with Crippen LogP contribution in [0.15, 0.2) is 27.2 Å². The summed E-state index contributed by atoms with van der Waals surface area (Å²) in [6.07, 6.45) is 3.91. The summed E-state index contributed by atoms with van der Waals surface area (Å²) in [7, 11) is 1.36. The molecule has 0 fully saturated rings. The van der Waals surface area contributed by atoms with Gasteiger partial charge in [-0.2, -0.15) is 0 Å². The van der Waals surface area contributed by atoms with Gasteiger partial charge in [0, 0.05) is 4.88 Å². The second-order valence-corrected chi connectivity index (χ2v) is 9.07. The van der Waals surface area contributed by atoms with Gasteiger partial charge in [-0.25, -0.2) is 4.79 Å². The number of amides is 1. The molecule has 1 N–H and O–H groups in total. The Hall–Kier alpha value is -2.17. The summed E-state index contributed by atoms with van der Waals surface area (Å²) in [5, 5.41) is 13.6. The second kappa shape index (κ2) is 8.46. The maximum Gasteiger partial charge on any atom is 0.341 e. The zero-order valence-electron chi connectivity index (χ0n) is 15.0. The molecule has 4 rings (SSSR count). The molecule has 0 atom stereocenters. The van der Waals surface area contributed by atoms with Crippen LogP contribution in [-0.2, 0) is 22.4 Å². The average Bonchev–Trinajstić information content (AvgIpc) is 3.44. The highest BCUT2D eigenvalue weighted by Gasteiger charge is 2.27. The van der Waals surface area contributed by atoms with E-state index in [-0.39, 0.29) is 11.7 Å². The number of thiophene rings is 2. The van der Waals surface area contributed by atoms with Crippen molar-refractivity contribution in [1.29, 1.82) is 0 Å². The van der Waals surface area contributed by atoms with Crippen molar-refractivity contribution >= 4 is 51.3 Å². The standard InChI is InChI=1S/C18H17N3O4S3/c1-24-17(23)14-10-5-2-3-6-11(10)28-16(14)19-13(22)9-27-18-21-20-15(25-18)12-7-4-8-26-12/h4,7-8H,2-3,5-6,9H2,1H3,(H,19,22). The van der Waals surface area contributed by atoms with Gasteiger partial charge >= 0.3 is 5.97 Å². The van der Waals surface area contributed by atoms with Gasteiger partial charge in [-0.1, -0.05) is 17.8 Å². The number of carbonyl (C=O) groups excluding carboxylic acids is 2. The molecule has 7 nitrogen and oxygen atoms in total. The first-order valence-electron chi connectivity index (χ1n) is 8.68. The van der Waals surface area contributed by atoms with E-state index in [9.17, 15) is 9.59 Å². The van der Waals surface area contributed by atoms with Crippen LogP contribution in [0.5, 0.6) is 0 Å². The lowest BCUT2D eigenvalue weighted by atomic mass is 9.95. The number of methoxy groups -OCH3 is 1. The molecule has 0 unspecified atom stereocenters. The Morgan fingerprint density at radius 2 is 2.18 bits per heavy atom. The topological polar surface area (TPSA) is 94.3 Å². The molecule has 0 aromatic carbocycles. The third-order valence-corrected chi connectivity index (χ3v) is 7.16. The van der Waals surface area contributed by atoms with E-state index < -0.39 is 5.97 Å². The number of rotatable bonds is 6. The summed E-state index contributed by atoms with van der Waals surface area (Å²) in [4.78, 5) is 26.7. The zero-order chi connectivity index (χ0) is 19.5. The fourth-order valence-corrected chi connectivity index (χ4v) is 5.53. The van der Waals surface area contributed by atoms with Gasteiger partial charge in [0.1, 0.15) is 5.00 Å². The molecule has 1 amide bonds. The molecular weight excluding hydrogens is 418 g/mol. The Morgan fingerprint density at radius 3 is 2.96 bits per heavy atom. The monoisotopic (exact) mass is 435 g/mol. The van der Waals surface area contributed by atoms with Crippen LogP contribution >= 0.6 is 34.4 Å². The molecule has 0 radical (unpaired) electrons. The fourth-order valence-electron chi connectivity index (χ4n) is 3.03. The minimum absolute atomic E-state index is 0.106. The number of fused-ring (bicyclic) bond motifs is 1. The normalized spacial score (nSPS) is 13.2. The van der Waals surface area contributed by atoms with E-state index in [2.05, 4.69) is 15.5 Å². The molecule has 28 heavy (non-hydrogen) atoms. The van der Waals surface area contributed by atoms with E-state index in [1.54, 1.807) is 0 Å². The number of thioether (sulfide) groups is 1. The molecule has 0 spiro atoms. The van der Waals surface area contributed by atoms with Gasteiger partial charge in [0.25, 0.3) is 11.1 Å². The van der Waals surface area contributed by atoms with Gasteiger partial charge in [0.05, 0.1) is 23.3 Å². The first-order chi connectivity index (χ1) is 13.7. The van der Waals surface area contributed by atoms with Crippen LogP contribution in [0, 0.1) is 0 Å². The minimum Gasteiger partial charge on any atom is -0.465 e. The number of nitrogens with zero attached hydrogens (tertiary/aromatic N) is 2. The average molecular weight is 436 g/mol. The van der Waals surface area contributed by atoms with Crippen LogP contribution in [0.4, 0.5) is 5.00 Å². The highest BCUT2D eigenvalue weighted by molar-refractivity contribution is 7.99. The molecule has 1 aliphatic carbocycles. The number of hydrogen-bond acceptors (Lipinski definition) is 9. The van der Waals surface area contributed by atoms with E-state index >= 15 is 0 Å². The third-order valence-electron chi connectivity index (χ3n) is 4.28. The number of aromatic nitrogens is 2. The third kappa shape index (κ3) is 3.98. The summed E-state index contributed by atoms with van der Waals surface area (Å²) in [6.45, 7) is 0. The predicted octanol–water partition coefficient (Wildman–Crippen LogP) is 4.26. The van der Waals surface area contributed by atoms with Crippen LogP contribution < -0.4 is 5.32 Å². The quantitative estimate of drug-likeness (QED) is 0.457. The van der Waals surface area contributed by atoms with Crippen molar-refractivity contribution in [3.8, 4) is 10.8 Å². The number of ether oxygens (including phenoxy) is 1. The molecule has 0 saturated carbocycles. The van der Waals surface area contributed by atoms with Crippen LogP contribution in [-0.4, -0.2) is 34.9 Å². The lowest BCUT2D eigenvalue weighted by molar-refractivity contribution is -0.113. The Labute approximate surface area is 173 Å². The maximum atomic E-state index is 12.4. The Bertz CT molecular complexity index is 994. The van der Waals surface area contributed by atoms with Crippen molar-refractivity contribution in [2.75, 3.05) is 18.2 Å². The van der Waals surface area contributed by atoms with Crippen LogP contribution in [0.2, 0.25) is 0 Å². The molecular formula is C18H17N3O4S3. The van der Waals surface area contributed by atoms with E-state index in [1.807, 2.05) is 17.5 Å². The lowest BCUT2D eigenvalue weighted by Crippen LogP contribution is -2.16. The smallest absolute Gasteiger partial charge is 0.341 e. The first kappa shape index (κ1) is 19.2. The minimum atomic E-state index is -0.403. The van der Waals surface area contributed by atoms with Crippen LogP contribution in [0.3, 0.4) is 0 Å². The number of carbonyl (C=O) groups is 2. The molecule has 3 heterocycles. The largest absolute Gasteiger partial charge is 0.465 e. The summed E-state index contributed by atoms with van der Waals surface area (Å²) in [5.74, 6) is -0.0869. The second-order valence-electron chi connectivity index (χ2n) is 6.09. The summed E-state index contributed by atoms with van der Waals surface area (Å²) >= 11 is 4.14. The van der Waals surface area contributed by atoms with E-state index in [1.165, 1.54) is 29.8 Å². The fraction of sp³-hybridized carbons (Fsp3) is 0.333. The van der Waals surface area contributed by atoms with Crippen molar-refractivity contribution in [2.45, 2.75) is 30.9 Å². The SMILES string of the molecule is COC(=O)c1c(NC(=O)CSc2nnc(-c3cccs3)o2)sc2c1CCCC2. The van der Waals surface area contributed by atoms with Gasteiger partial charge in [-0.05, 0) is 42.7 Å². The summed E-state index contributed by atoms with van der Waals surface area (Å²) in [6, 6.07) is 3.80. The van der Waals surface area contributed by atoms with Crippen LogP contribution in [0.1, 0.15) is 33.6 Å². The highest BCUT2D eigenvalue weighted by Crippen LogP contribution is 2.38. The van der Waals surface area contributed by atoms with Gasteiger partial charge < -0.3 is 14.5 Å². The van der Waals surface area contributed by atoms with Gasteiger partial charge in [0.2, 0.25) is 5.91 Å². The van der Waals surface area contributed by atoms with Gasteiger partial charge in [-0.3, -0.25) is 4.79 Å². The van der Waals surface area contributed by atoms with Crippen molar-refractivity contribution < 1.29 is 18.7 Å². The zero-order valence-corrected chi connectivity index (χ0v) is 17.5. The number of esters is 1. The molecule has 3 aromatic rings. The van der Waals surface area contributed by atoms with Crippen molar-refractivity contribution in [3.05, 3.63) is 33.5 Å². The first-order valence-corrected chi connectivity index (χ1v) is 11.4. The Morgan fingerprint density at radius 1 is 1.32 bits per heavy atom. The molecule has 1 aliphatic rings. The molecule has 3 aromatic heterocycles. The lowest BCUT2D eigenvalue weighted by Gasteiger charge is -2.11. The van der Waals surface area contributed by atoms with Gasteiger partial charge in [-0.15, -0.1) is 32.9 Å². The Kier molecular flexibility index (Phi) is 5.79. The Balaban J connectivity index is 1.43. The summed E-state index contributed by atoms with van der Waals surface area (Å²) in [5.41, 5.74) is 1.52. The van der Waals surface area contributed by atoms with Crippen molar-refractivity contribution in [1.82, 2.24) is 10.2 Å². The van der Waals surface area contributed by atoms with Crippen molar-refractivity contribution in [3.63, 3.8) is 0 Å². The molecule has 10 heteroatoms. The number of aryl methyl sites for hydroxylation is 1.